The third-order valence-electron chi connectivity index (χ3n) is 11.7. The van der Waals surface area contributed by atoms with Gasteiger partial charge in [0, 0.05) is 50.3 Å². The average molecular weight is 729 g/mol. The molecule has 8 aromatic carbocycles. The summed E-state index contributed by atoms with van der Waals surface area (Å²) in [7, 11) is 0. The summed E-state index contributed by atoms with van der Waals surface area (Å²) in [5.41, 5.74) is 12.8. The summed E-state index contributed by atoms with van der Waals surface area (Å²) >= 11 is 0. The first-order valence-corrected chi connectivity index (χ1v) is 19.3. The highest BCUT2D eigenvalue weighted by molar-refractivity contribution is 6.10. The Morgan fingerprint density at radius 3 is 1.60 bits per heavy atom. The first-order chi connectivity index (χ1) is 28.3. The van der Waals surface area contributed by atoms with Gasteiger partial charge in [-0.15, -0.1) is 0 Å². The third-order valence-corrected chi connectivity index (χ3v) is 11.7. The molecule has 266 valence electrons. The van der Waals surface area contributed by atoms with Crippen molar-refractivity contribution in [3.05, 3.63) is 216 Å². The standard InChI is InChI=1S/C52H32N4O/c1-3-16-33(17-4-1)49-53-50(34-18-5-2-6-19-34)55-51(54-49)35-20-15-21-36(30-35)56-45-28-13-9-24-39(45)40-31-44-48(32-46(40)56)57-47-29-14-12-27-43(47)52(44)41-25-10-7-22-37(41)38-23-8-11-26-42(38)52/h1-32H. The molecule has 0 saturated carbocycles. The van der Waals surface area contributed by atoms with Crippen LogP contribution in [-0.2, 0) is 5.41 Å². The van der Waals surface area contributed by atoms with Crippen LogP contribution in [0.4, 0.5) is 0 Å². The molecule has 12 rings (SSSR count). The Morgan fingerprint density at radius 2 is 0.912 bits per heavy atom. The smallest absolute Gasteiger partial charge is 0.164 e. The molecule has 0 N–H and O–H groups in total. The average Bonchev–Trinajstić information content (AvgIpc) is 3.76. The lowest BCUT2D eigenvalue weighted by atomic mass is 9.66. The molecule has 5 nitrogen and oxygen atoms in total. The molecule has 1 spiro atoms. The van der Waals surface area contributed by atoms with Crippen molar-refractivity contribution in [1.29, 1.82) is 0 Å². The van der Waals surface area contributed by atoms with Crippen molar-refractivity contribution < 1.29 is 4.74 Å². The second-order valence-corrected chi connectivity index (χ2v) is 14.7. The molecule has 0 bridgehead atoms. The minimum absolute atomic E-state index is 0.541. The van der Waals surface area contributed by atoms with Crippen LogP contribution < -0.4 is 4.74 Å². The Hall–Kier alpha value is -7.63. The number of hydrogen-bond acceptors (Lipinski definition) is 4. The van der Waals surface area contributed by atoms with Crippen LogP contribution in [0, 0.1) is 0 Å². The van der Waals surface area contributed by atoms with Gasteiger partial charge in [0.05, 0.1) is 16.4 Å². The van der Waals surface area contributed by atoms with Crippen LogP contribution in [0.3, 0.4) is 0 Å². The van der Waals surface area contributed by atoms with Crippen molar-refractivity contribution in [2.24, 2.45) is 0 Å². The Bertz CT molecular complexity index is 3120. The Balaban J connectivity index is 1.09. The van der Waals surface area contributed by atoms with Crippen molar-refractivity contribution in [2.45, 2.75) is 5.41 Å². The van der Waals surface area contributed by atoms with Crippen LogP contribution >= 0.6 is 0 Å². The SMILES string of the molecule is c1ccc(-c2nc(-c3ccccc3)nc(-c3cccc(-n4c5ccccc5c5cc6c(cc54)Oc4ccccc4C64c5ccccc5-c5ccccc54)c3)n2)cc1. The van der Waals surface area contributed by atoms with E-state index in [9.17, 15) is 0 Å². The quantitative estimate of drug-likeness (QED) is 0.181. The highest BCUT2D eigenvalue weighted by Crippen LogP contribution is 2.62. The van der Waals surface area contributed by atoms with Crippen LogP contribution in [0.2, 0.25) is 0 Å². The van der Waals surface area contributed by atoms with Crippen LogP contribution in [0.15, 0.2) is 194 Å². The summed E-state index contributed by atoms with van der Waals surface area (Å²) in [6.45, 7) is 0. The van der Waals surface area contributed by atoms with Crippen LogP contribution in [0.5, 0.6) is 11.5 Å². The van der Waals surface area contributed by atoms with E-state index in [1.54, 1.807) is 0 Å². The van der Waals surface area contributed by atoms with Gasteiger partial charge in [-0.25, -0.2) is 15.0 Å². The third kappa shape index (κ3) is 4.60. The largest absolute Gasteiger partial charge is 0.457 e. The minimum atomic E-state index is -0.541. The van der Waals surface area contributed by atoms with Crippen molar-refractivity contribution in [1.82, 2.24) is 19.5 Å². The lowest BCUT2D eigenvalue weighted by Gasteiger charge is -2.39. The summed E-state index contributed by atoms with van der Waals surface area (Å²) in [4.78, 5) is 15.0. The van der Waals surface area contributed by atoms with Gasteiger partial charge in [-0.1, -0.05) is 158 Å². The normalized spacial score (nSPS) is 13.2. The molecule has 0 atom stereocenters. The molecular formula is C52H32N4O. The maximum atomic E-state index is 6.95. The zero-order chi connectivity index (χ0) is 37.5. The van der Waals surface area contributed by atoms with E-state index in [1.807, 2.05) is 60.7 Å². The minimum Gasteiger partial charge on any atom is -0.457 e. The second-order valence-electron chi connectivity index (χ2n) is 14.7. The molecule has 5 heteroatoms. The molecule has 57 heavy (non-hydrogen) atoms. The van der Waals surface area contributed by atoms with Crippen LogP contribution in [0.25, 0.3) is 72.8 Å². The van der Waals surface area contributed by atoms with Crippen molar-refractivity contribution >= 4 is 21.8 Å². The van der Waals surface area contributed by atoms with Gasteiger partial charge in [0.2, 0.25) is 0 Å². The molecule has 0 unspecified atom stereocenters. The predicted octanol–water partition coefficient (Wildman–Crippen LogP) is 12.4. The van der Waals surface area contributed by atoms with Crippen LogP contribution in [0.1, 0.15) is 22.3 Å². The first-order valence-electron chi connectivity index (χ1n) is 19.3. The topological polar surface area (TPSA) is 52.8 Å². The summed E-state index contributed by atoms with van der Waals surface area (Å²) in [6, 6.07) is 68.3. The van der Waals surface area contributed by atoms with E-state index in [1.165, 1.54) is 27.6 Å². The predicted molar refractivity (Wildman–Crippen MR) is 228 cm³/mol. The number of nitrogens with zero attached hydrogens (tertiary/aromatic N) is 4. The zero-order valence-electron chi connectivity index (χ0n) is 30.7. The lowest BCUT2D eigenvalue weighted by Crippen LogP contribution is -2.32. The number of para-hydroxylation sites is 2. The van der Waals surface area contributed by atoms with Gasteiger partial charge in [-0.2, -0.15) is 0 Å². The maximum Gasteiger partial charge on any atom is 0.164 e. The Labute approximate surface area is 329 Å². The fourth-order valence-electron chi connectivity index (χ4n) is 9.32. The fraction of sp³-hybridized carbons (Fsp3) is 0.0192. The van der Waals surface area contributed by atoms with E-state index in [0.717, 1.165) is 61.4 Å². The summed E-state index contributed by atoms with van der Waals surface area (Å²) in [5, 5.41) is 2.34. The number of benzene rings is 8. The molecule has 10 aromatic rings. The molecule has 0 saturated heterocycles. The van der Waals surface area contributed by atoms with Gasteiger partial charge in [0.15, 0.2) is 17.5 Å². The van der Waals surface area contributed by atoms with Gasteiger partial charge in [0.25, 0.3) is 0 Å². The molecule has 2 aliphatic rings. The van der Waals surface area contributed by atoms with E-state index < -0.39 is 5.41 Å². The molecule has 3 heterocycles. The van der Waals surface area contributed by atoms with E-state index in [2.05, 4.69) is 138 Å². The van der Waals surface area contributed by atoms with Gasteiger partial charge in [-0.3, -0.25) is 0 Å². The number of hydrogen-bond donors (Lipinski definition) is 0. The van der Waals surface area contributed by atoms with Crippen molar-refractivity contribution in [2.75, 3.05) is 0 Å². The Morgan fingerprint density at radius 1 is 0.368 bits per heavy atom. The monoisotopic (exact) mass is 728 g/mol. The number of rotatable bonds is 4. The highest BCUT2D eigenvalue weighted by atomic mass is 16.5. The van der Waals surface area contributed by atoms with E-state index >= 15 is 0 Å². The summed E-state index contributed by atoms with van der Waals surface area (Å²) in [5.74, 6) is 3.61. The van der Waals surface area contributed by atoms with E-state index in [-0.39, 0.29) is 0 Å². The summed E-state index contributed by atoms with van der Waals surface area (Å²) in [6.07, 6.45) is 0. The molecule has 0 fully saturated rings. The molecule has 0 radical (unpaired) electrons. The van der Waals surface area contributed by atoms with Crippen molar-refractivity contribution in [3.8, 4) is 62.5 Å². The fourth-order valence-corrected chi connectivity index (χ4v) is 9.32. The molecule has 1 aliphatic heterocycles. The number of ether oxygens (including phenoxy) is 1. The van der Waals surface area contributed by atoms with Gasteiger partial charge < -0.3 is 9.30 Å². The molecule has 2 aromatic heterocycles. The van der Waals surface area contributed by atoms with E-state index in [4.69, 9.17) is 19.7 Å². The van der Waals surface area contributed by atoms with Crippen LogP contribution in [-0.4, -0.2) is 19.5 Å². The van der Waals surface area contributed by atoms with Gasteiger partial charge >= 0.3 is 0 Å². The Kier molecular flexibility index (Phi) is 6.78. The van der Waals surface area contributed by atoms with E-state index in [0.29, 0.717) is 17.5 Å². The maximum absolute atomic E-state index is 6.95. The lowest BCUT2D eigenvalue weighted by molar-refractivity contribution is 0.437. The molecule has 0 amide bonds. The van der Waals surface area contributed by atoms with Gasteiger partial charge in [0.1, 0.15) is 11.5 Å². The van der Waals surface area contributed by atoms with Crippen molar-refractivity contribution in [3.63, 3.8) is 0 Å². The molecule has 1 aliphatic carbocycles. The summed E-state index contributed by atoms with van der Waals surface area (Å²) < 4.78 is 9.30. The second kappa shape index (κ2) is 12.2. The first kappa shape index (κ1) is 31.7. The zero-order valence-corrected chi connectivity index (χ0v) is 30.7. The van der Waals surface area contributed by atoms with Gasteiger partial charge in [-0.05, 0) is 52.6 Å². The number of fused-ring (bicyclic) bond motifs is 12. The number of aromatic nitrogens is 4. The highest BCUT2D eigenvalue weighted by Gasteiger charge is 2.51. The molecular weight excluding hydrogens is 697 g/mol.